The van der Waals surface area contributed by atoms with E-state index < -0.39 is 0 Å². The van der Waals surface area contributed by atoms with Crippen LogP contribution >= 0.6 is 0 Å². The molecular weight excluding hydrogens is 264 g/mol. The summed E-state index contributed by atoms with van der Waals surface area (Å²) in [5.41, 5.74) is 0. The quantitative estimate of drug-likeness (QED) is 0.710. The van der Waals surface area contributed by atoms with Gasteiger partial charge in [0.25, 0.3) is 0 Å². The molecule has 0 spiro atoms. The highest BCUT2D eigenvalue weighted by Gasteiger charge is 2.15. The normalized spacial score (nSPS) is 20.5. The number of hydrogen-bond acceptors (Lipinski definition) is 4. The number of furan rings is 1. The highest BCUT2D eigenvalue weighted by Crippen LogP contribution is 2.11. The van der Waals surface area contributed by atoms with E-state index in [0.717, 1.165) is 25.3 Å². The van der Waals surface area contributed by atoms with Gasteiger partial charge in [-0.1, -0.05) is 6.92 Å². The third-order valence-electron chi connectivity index (χ3n) is 4.08. The summed E-state index contributed by atoms with van der Waals surface area (Å²) in [5.74, 6) is 0.905. The van der Waals surface area contributed by atoms with Crippen LogP contribution in [0.3, 0.4) is 0 Å². The Morgan fingerprint density at radius 3 is 3.14 bits per heavy atom. The van der Waals surface area contributed by atoms with Crippen LogP contribution in [0.15, 0.2) is 22.8 Å². The molecule has 0 bridgehead atoms. The fraction of sp³-hybridized carbons (Fsp3) is 0.765. The summed E-state index contributed by atoms with van der Waals surface area (Å²) in [7, 11) is 0. The van der Waals surface area contributed by atoms with Crippen molar-refractivity contribution < 1.29 is 9.15 Å². The van der Waals surface area contributed by atoms with Crippen molar-refractivity contribution in [3.05, 3.63) is 24.2 Å². The van der Waals surface area contributed by atoms with Gasteiger partial charge in [-0.3, -0.25) is 0 Å². The van der Waals surface area contributed by atoms with Crippen molar-refractivity contribution in [2.45, 2.75) is 51.7 Å². The monoisotopic (exact) mass is 294 g/mol. The van der Waals surface area contributed by atoms with Crippen LogP contribution in [0.5, 0.6) is 0 Å². The van der Waals surface area contributed by atoms with Crippen LogP contribution < -0.4 is 5.32 Å². The topological polar surface area (TPSA) is 37.6 Å². The lowest BCUT2D eigenvalue weighted by molar-refractivity contribution is 0.103. The largest absolute Gasteiger partial charge is 0.467 e. The van der Waals surface area contributed by atoms with E-state index in [2.05, 4.69) is 17.1 Å². The maximum atomic E-state index is 5.60. The number of nitrogens with one attached hydrogen (secondary N) is 1. The lowest BCUT2D eigenvalue weighted by atomic mass is 10.1. The lowest BCUT2D eigenvalue weighted by Gasteiger charge is -2.19. The molecule has 21 heavy (non-hydrogen) atoms. The summed E-state index contributed by atoms with van der Waals surface area (Å²) in [6.45, 7) is 8.48. The number of hydrogen-bond donors (Lipinski definition) is 1. The van der Waals surface area contributed by atoms with E-state index in [-0.39, 0.29) is 0 Å². The number of nitrogens with zero attached hydrogens (tertiary/aromatic N) is 1. The SMILES string of the molecule is CCCN1CCCC(NCCCOCc2ccco2)CC1. The zero-order chi connectivity index (χ0) is 14.8. The Hall–Kier alpha value is -0.840. The van der Waals surface area contributed by atoms with E-state index in [9.17, 15) is 0 Å². The van der Waals surface area contributed by atoms with E-state index in [1.165, 1.54) is 45.3 Å². The molecule has 1 N–H and O–H groups in total. The Kier molecular flexibility index (Phi) is 7.86. The predicted octanol–water partition coefficient (Wildman–Crippen LogP) is 3.04. The Balaban J connectivity index is 1.48. The van der Waals surface area contributed by atoms with Gasteiger partial charge in [0.15, 0.2) is 0 Å². The second kappa shape index (κ2) is 9.98. The summed E-state index contributed by atoms with van der Waals surface area (Å²) in [6, 6.07) is 4.54. The van der Waals surface area contributed by atoms with Crippen LogP contribution in [0.1, 0.15) is 44.8 Å². The van der Waals surface area contributed by atoms with Crippen LogP contribution in [0.4, 0.5) is 0 Å². The van der Waals surface area contributed by atoms with Gasteiger partial charge in [0, 0.05) is 12.6 Å². The molecule has 120 valence electrons. The minimum Gasteiger partial charge on any atom is -0.467 e. The van der Waals surface area contributed by atoms with E-state index >= 15 is 0 Å². The molecule has 4 nitrogen and oxygen atoms in total. The molecule has 1 aliphatic rings. The van der Waals surface area contributed by atoms with Crippen LogP contribution in [-0.4, -0.2) is 43.7 Å². The van der Waals surface area contributed by atoms with E-state index in [1.807, 2.05) is 12.1 Å². The highest BCUT2D eigenvalue weighted by molar-refractivity contribution is 4.95. The molecule has 0 aliphatic carbocycles. The number of rotatable bonds is 9. The van der Waals surface area contributed by atoms with Gasteiger partial charge in [-0.2, -0.15) is 0 Å². The molecule has 0 radical (unpaired) electrons. The van der Waals surface area contributed by atoms with Gasteiger partial charge >= 0.3 is 0 Å². The zero-order valence-corrected chi connectivity index (χ0v) is 13.4. The minimum atomic E-state index is 0.586. The van der Waals surface area contributed by atoms with Gasteiger partial charge in [-0.05, 0) is 70.4 Å². The molecule has 1 atom stereocenters. The van der Waals surface area contributed by atoms with Crippen molar-refractivity contribution in [2.75, 3.05) is 32.8 Å². The highest BCUT2D eigenvalue weighted by atomic mass is 16.5. The van der Waals surface area contributed by atoms with E-state index in [4.69, 9.17) is 9.15 Å². The first-order valence-corrected chi connectivity index (χ1v) is 8.44. The molecule has 1 aromatic rings. The van der Waals surface area contributed by atoms with Crippen molar-refractivity contribution >= 4 is 0 Å². The van der Waals surface area contributed by atoms with Crippen molar-refractivity contribution in [3.8, 4) is 0 Å². The molecule has 1 unspecified atom stereocenters. The molecule has 0 aromatic carbocycles. The first kappa shape index (κ1) is 16.5. The van der Waals surface area contributed by atoms with Gasteiger partial charge in [0.1, 0.15) is 12.4 Å². The Bertz CT molecular complexity index is 354. The van der Waals surface area contributed by atoms with Gasteiger partial charge < -0.3 is 19.4 Å². The van der Waals surface area contributed by atoms with Crippen molar-refractivity contribution in [1.82, 2.24) is 10.2 Å². The van der Waals surface area contributed by atoms with Crippen molar-refractivity contribution in [1.29, 1.82) is 0 Å². The summed E-state index contributed by atoms with van der Waals surface area (Å²) in [4.78, 5) is 2.61. The van der Waals surface area contributed by atoms with E-state index in [1.54, 1.807) is 6.26 Å². The minimum absolute atomic E-state index is 0.586. The van der Waals surface area contributed by atoms with Gasteiger partial charge in [0.05, 0.1) is 6.26 Å². The molecule has 0 amide bonds. The molecule has 1 saturated heterocycles. The summed E-state index contributed by atoms with van der Waals surface area (Å²) in [6.07, 6.45) is 7.95. The van der Waals surface area contributed by atoms with Crippen LogP contribution in [0.2, 0.25) is 0 Å². The van der Waals surface area contributed by atoms with Crippen molar-refractivity contribution in [3.63, 3.8) is 0 Å². The average molecular weight is 294 g/mol. The molecule has 2 rings (SSSR count). The molecule has 1 aromatic heterocycles. The van der Waals surface area contributed by atoms with E-state index in [0.29, 0.717) is 12.6 Å². The zero-order valence-electron chi connectivity index (χ0n) is 13.4. The Morgan fingerprint density at radius 1 is 1.38 bits per heavy atom. The fourth-order valence-electron chi connectivity index (χ4n) is 2.95. The van der Waals surface area contributed by atoms with Gasteiger partial charge in [0.2, 0.25) is 0 Å². The second-order valence-corrected chi connectivity index (χ2v) is 5.91. The molecule has 0 saturated carbocycles. The maximum absolute atomic E-state index is 5.60. The first-order chi connectivity index (χ1) is 10.4. The first-order valence-electron chi connectivity index (χ1n) is 8.44. The molecule has 1 aliphatic heterocycles. The molecule has 1 fully saturated rings. The molecular formula is C17H30N2O2. The number of likely N-dealkylation sites (tertiary alicyclic amines) is 1. The second-order valence-electron chi connectivity index (χ2n) is 5.91. The third kappa shape index (κ3) is 6.64. The standard InChI is InChI=1S/C17H30N2O2/c1-2-10-19-11-3-6-16(8-12-19)18-9-5-13-20-15-17-7-4-14-21-17/h4,7,14,16,18H,2-3,5-6,8-13,15H2,1H3. The fourth-order valence-corrected chi connectivity index (χ4v) is 2.95. The smallest absolute Gasteiger partial charge is 0.129 e. The van der Waals surface area contributed by atoms with Gasteiger partial charge in [-0.25, -0.2) is 0 Å². The van der Waals surface area contributed by atoms with Crippen LogP contribution in [0, 0.1) is 0 Å². The lowest BCUT2D eigenvalue weighted by Crippen LogP contribution is -2.32. The number of ether oxygens (including phenoxy) is 1. The Labute approximate surface area is 128 Å². The molecule has 2 heterocycles. The summed E-state index contributed by atoms with van der Waals surface area (Å²) < 4.78 is 10.8. The molecule has 4 heteroatoms. The van der Waals surface area contributed by atoms with Gasteiger partial charge in [-0.15, -0.1) is 0 Å². The van der Waals surface area contributed by atoms with Crippen molar-refractivity contribution in [2.24, 2.45) is 0 Å². The van der Waals surface area contributed by atoms with Crippen LogP contribution in [-0.2, 0) is 11.3 Å². The predicted molar refractivity (Wildman–Crippen MR) is 85.4 cm³/mol. The average Bonchev–Trinajstić information content (AvgIpc) is 2.91. The Morgan fingerprint density at radius 2 is 2.33 bits per heavy atom. The third-order valence-corrected chi connectivity index (χ3v) is 4.08. The summed E-state index contributed by atoms with van der Waals surface area (Å²) in [5, 5.41) is 3.69. The maximum Gasteiger partial charge on any atom is 0.129 e. The summed E-state index contributed by atoms with van der Waals surface area (Å²) >= 11 is 0. The van der Waals surface area contributed by atoms with Crippen LogP contribution in [0.25, 0.3) is 0 Å².